The summed E-state index contributed by atoms with van der Waals surface area (Å²) in [6.07, 6.45) is -8.83. The van der Waals surface area contributed by atoms with Gasteiger partial charge in [0.2, 0.25) is 10.0 Å². The zero-order valence-electron chi connectivity index (χ0n) is 20.5. The largest absolute Gasteiger partial charge is 0.417 e. The number of hydrogen-bond donors (Lipinski definition) is 1. The van der Waals surface area contributed by atoms with Crippen molar-refractivity contribution in [1.82, 2.24) is 9.29 Å². The van der Waals surface area contributed by atoms with Gasteiger partial charge in [-0.15, -0.1) is 0 Å². The monoisotopic (exact) mass is 566 g/mol. The molecular formula is C25H25F7N2O3S. The average Bonchev–Trinajstić information content (AvgIpc) is 3.03. The highest BCUT2D eigenvalue weighted by atomic mass is 32.2. The standard InChI is InChI=1S/C25H25F7N2O3S/c1-23(2,3)13-34-10-18(22(25(30,31)32)33-38(35,36)14-11-37-12-14)17-8-20(26)16(9-21(17)34)15-6-4-5-7-19(15)24(27,28)29/h4-10,14,22,33H,11-13H2,1-3H3/t22-/m0/s1. The Morgan fingerprint density at radius 1 is 1.03 bits per heavy atom. The number of alkyl halides is 6. The molecule has 13 heteroatoms. The van der Waals surface area contributed by atoms with E-state index in [9.17, 15) is 34.8 Å². The predicted molar refractivity (Wildman–Crippen MR) is 127 cm³/mol. The molecule has 1 aliphatic rings. The Morgan fingerprint density at radius 2 is 1.66 bits per heavy atom. The van der Waals surface area contributed by atoms with Crippen LogP contribution in [-0.4, -0.2) is 37.6 Å². The van der Waals surface area contributed by atoms with Crippen molar-refractivity contribution in [1.29, 1.82) is 0 Å². The molecule has 0 amide bonds. The second-order valence-corrected chi connectivity index (χ2v) is 12.5. The van der Waals surface area contributed by atoms with Crippen LogP contribution in [0.2, 0.25) is 0 Å². The van der Waals surface area contributed by atoms with Crippen LogP contribution in [0.25, 0.3) is 22.0 Å². The lowest BCUT2D eigenvalue weighted by atomic mass is 9.95. The third-order valence-corrected chi connectivity index (χ3v) is 7.85. The molecule has 0 saturated carbocycles. The summed E-state index contributed by atoms with van der Waals surface area (Å²) in [6.45, 7) is 4.97. The van der Waals surface area contributed by atoms with E-state index in [0.717, 1.165) is 36.5 Å². The van der Waals surface area contributed by atoms with Crippen molar-refractivity contribution in [3.63, 3.8) is 0 Å². The number of halogens is 7. The van der Waals surface area contributed by atoms with Gasteiger partial charge in [-0.2, -0.15) is 31.1 Å². The number of ether oxygens (including phenoxy) is 1. The first-order valence-electron chi connectivity index (χ1n) is 11.5. The van der Waals surface area contributed by atoms with E-state index in [4.69, 9.17) is 4.74 Å². The van der Waals surface area contributed by atoms with Crippen LogP contribution >= 0.6 is 0 Å². The molecule has 0 radical (unpaired) electrons. The fourth-order valence-corrected chi connectivity index (χ4v) is 5.67. The number of fused-ring (bicyclic) bond motifs is 1. The molecule has 1 atom stereocenters. The van der Waals surface area contributed by atoms with Crippen molar-refractivity contribution < 1.29 is 43.9 Å². The van der Waals surface area contributed by atoms with Gasteiger partial charge < -0.3 is 9.30 Å². The van der Waals surface area contributed by atoms with Crippen molar-refractivity contribution in [2.75, 3.05) is 13.2 Å². The van der Waals surface area contributed by atoms with Crippen LogP contribution in [0.5, 0.6) is 0 Å². The Morgan fingerprint density at radius 3 is 2.18 bits per heavy atom. The lowest BCUT2D eigenvalue weighted by molar-refractivity contribution is -0.153. The van der Waals surface area contributed by atoms with E-state index in [2.05, 4.69) is 0 Å². The molecule has 2 heterocycles. The molecule has 1 N–H and O–H groups in total. The summed E-state index contributed by atoms with van der Waals surface area (Å²) in [6, 6.07) is 3.40. The Hall–Kier alpha value is -2.64. The first-order valence-corrected chi connectivity index (χ1v) is 13.1. The maximum atomic E-state index is 15.4. The molecule has 2 aromatic carbocycles. The highest BCUT2D eigenvalue weighted by Crippen LogP contribution is 2.43. The van der Waals surface area contributed by atoms with E-state index in [1.807, 2.05) is 0 Å². The van der Waals surface area contributed by atoms with Crippen molar-refractivity contribution in [2.45, 2.75) is 51.0 Å². The minimum Gasteiger partial charge on any atom is -0.378 e. The summed E-state index contributed by atoms with van der Waals surface area (Å²) in [7, 11) is -4.45. The smallest absolute Gasteiger partial charge is 0.378 e. The van der Waals surface area contributed by atoms with E-state index in [-0.39, 0.29) is 30.7 Å². The fourth-order valence-electron chi connectivity index (χ4n) is 4.34. The second kappa shape index (κ2) is 9.53. The SMILES string of the molecule is CC(C)(C)Cn1cc([C@H](NS(=O)(=O)C2COC2)C(F)(F)F)c2cc(F)c(-c3ccccc3C(F)(F)F)cc21. The van der Waals surface area contributed by atoms with Gasteiger partial charge in [-0.1, -0.05) is 39.0 Å². The van der Waals surface area contributed by atoms with Crippen LogP contribution < -0.4 is 4.72 Å². The van der Waals surface area contributed by atoms with Gasteiger partial charge >= 0.3 is 12.4 Å². The van der Waals surface area contributed by atoms with Gasteiger partial charge in [-0.05, 0) is 29.2 Å². The van der Waals surface area contributed by atoms with E-state index in [1.165, 1.54) is 10.6 Å². The summed E-state index contributed by atoms with van der Waals surface area (Å²) in [5.74, 6) is -1.18. The van der Waals surface area contributed by atoms with Crippen molar-refractivity contribution in [2.24, 2.45) is 5.41 Å². The van der Waals surface area contributed by atoms with Crippen LogP contribution in [0.1, 0.15) is 37.9 Å². The van der Waals surface area contributed by atoms with Crippen LogP contribution in [0, 0.1) is 11.2 Å². The number of nitrogens with zero attached hydrogens (tertiary/aromatic N) is 1. The molecule has 0 aliphatic carbocycles. The molecule has 1 aromatic heterocycles. The van der Waals surface area contributed by atoms with Crippen LogP contribution in [0.3, 0.4) is 0 Å². The maximum Gasteiger partial charge on any atom is 0.417 e. The maximum absolute atomic E-state index is 15.4. The molecule has 1 fully saturated rings. The van der Waals surface area contributed by atoms with E-state index in [1.54, 1.807) is 25.5 Å². The van der Waals surface area contributed by atoms with Crippen LogP contribution in [0.15, 0.2) is 42.6 Å². The van der Waals surface area contributed by atoms with Gasteiger partial charge in [-0.3, -0.25) is 0 Å². The number of nitrogens with one attached hydrogen (secondary N) is 1. The molecule has 4 rings (SSSR count). The predicted octanol–water partition coefficient (Wildman–Crippen LogP) is 6.43. The molecule has 0 bridgehead atoms. The van der Waals surface area contributed by atoms with Gasteiger partial charge in [0.1, 0.15) is 17.1 Å². The van der Waals surface area contributed by atoms with E-state index >= 15 is 4.39 Å². The molecule has 208 valence electrons. The third kappa shape index (κ3) is 5.69. The summed E-state index contributed by atoms with van der Waals surface area (Å²) in [5, 5.41) is -1.44. The first kappa shape index (κ1) is 28.4. The molecule has 0 unspecified atom stereocenters. The molecule has 38 heavy (non-hydrogen) atoms. The molecule has 1 aliphatic heterocycles. The van der Waals surface area contributed by atoms with E-state index < -0.39 is 67.2 Å². The Bertz CT molecular complexity index is 1450. The summed E-state index contributed by atoms with van der Waals surface area (Å²) >= 11 is 0. The van der Waals surface area contributed by atoms with Gasteiger partial charge in [0.25, 0.3) is 0 Å². The highest BCUT2D eigenvalue weighted by molar-refractivity contribution is 7.90. The second-order valence-electron chi connectivity index (χ2n) is 10.5. The lowest BCUT2D eigenvalue weighted by Crippen LogP contribution is -2.50. The number of rotatable bonds is 6. The van der Waals surface area contributed by atoms with Crippen LogP contribution in [-0.2, 0) is 27.5 Å². The normalized spacial score (nSPS) is 16.6. The van der Waals surface area contributed by atoms with Gasteiger partial charge in [-0.25, -0.2) is 12.8 Å². The Labute approximate surface area is 214 Å². The zero-order chi connectivity index (χ0) is 28.3. The summed E-state index contributed by atoms with van der Waals surface area (Å²) in [5.41, 5.74) is -3.04. The van der Waals surface area contributed by atoms with Crippen molar-refractivity contribution in [3.05, 3.63) is 59.5 Å². The number of hydrogen-bond acceptors (Lipinski definition) is 3. The van der Waals surface area contributed by atoms with Crippen molar-refractivity contribution in [3.8, 4) is 11.1 Å². The number of benzene rings is 2. The zero-order valence-corrected chi connectivity index (χ0v) is 21.4. The molecular weight excluding hydrogens is 541 g/mol. The van der Waals surface area contributed by atoms with Gasteiger partial charge in [0, 0.05) is 34.8 Å². The Balaban J connectivity index is 1.95. The number of sulfonamides is 1. The van der Waals surface area contributed by atoms with Gasteiger partial charge in [0.15, 0.2) is 0 Å². The van der Waals surface area contributed by atoms with E-state index in [0.29, 0.717) is 0 Å². The minimum absolute atomic E-state index is 0.0312. The molecule has 1 saturated heterocycles. The fraction of sp³-hybridized carbons (Fsp3) is 0.440. The topological polar surface area (TPSA) is 60.3 Å². The average molecular weight is 567 g/mol. The Kier molecular flexibility index (Phi) is 7.11. The van der Waals surface area contributed by atoms with Crippen LogP contribution in [0.4, 0.5) is 30.7 Å². The molecule has 0 spiro atoms. The summed E-state index contributed by atoms with van der Waals surface area (Å²) in [4.78, 5) is 0. The van der Waals surface area contributed by atoms with Gasteiger partial charge in [0.05, 0.1) is 18.8 Å². The lowest BCUT2D eigenvalue weighted by Gasteiger charge is -2.29. The quantitative estimate of drug-likeness (QED) is 0.350. The summed E-state index contributed by atoms with van der Waals surface area (Å²) < 4.78 is 132. The first-order chi connectivity index (χ1) is 17.4. The van der Waals surface area contributed by atoms with Crippen molar-refractivity contribution >= 4 is 20.9 Å². The third-order valence-electron chi connectivity index (χ3n) is 6.13. The minimum atomic E-state index is -5.10. The number of aromatic nitrogens is 1. The molecule has 5 nitrogen and oxygen atoms in total. The molecule has 3 aromatic rings. The highest BCUT2D eigenvalue weighted by Gasteiger charge is 2.47.